The van der Waals surface area contributed by atoms with Gasteiger partial charge >= 0.3 is 0 Å². The lowest BCUT2D eigenvalue weighted by atomic mass is 9.85. The third-order valence-corrected chi connectivity index (χ3v) is 6.19. The molecule has 1 unspecified atom stereocenters. The molecule has 1 aromatic carbocycles. The zero-order valence-corrected chi connectivity index (χ0v) is 15.0. The van der Waals surface area contributed by atoms with Crippen molar-refractivity contribution in [1.29, 1.82) is 0 Å². The summed E-state index contributed by atoms with van der Waals surface area (Å²) in [5.41, 5.74) is 5.48. The van der Waals surface area contributed by atoms with E-state index in [2.05, 4.69) is 45.9 Å². The molecule has 1 aromatic heterocycles. The van der Waals surface area contributed by atoms with Gasteiger partial charge in [0.15, 0.2) is 0 Å². The first-order valence-electron chi connectivity index (χ1n) is 8.77. The second kappa shape index (κ2) is 7.16. The summed E-state index contributed by atoms with van der Waals surface area (Å²) >= 11 is 2.09. The number of benzene rings is 1. The topological polar surface area (TPSA) is 25.4 Å². The number of aryl methyl sites for hydroxylation is 1. The third-order valence-electron chi connectivity index (χ3n) is 5.25. The molecular weight excluding hydrogens is 316 g/mol. The molecule has 0 N–H and O–H groups in total. The first kappa shape index (κ1) is 16.0. The van der Waals surface area contributed by atoms with Crippen LogP contribution in [0.3, 0.4) is 0 Å². The largest absolute Gasteiger partial charge is 0.481 e. The fourth-order valence-electron chi connectivity index (χ4n) is 3.84. The van der Waals surface area contributed by atoms with Crippen LogP contribution in [0.15, 0.2) is 36.5 Å². The molecule has 1 fully saturated rings. The average molecular weight is 340 g/mol. The number of fused-ring (bicyclic) bond motifs is 1. The van der Waals surface area contributed by atoms with Crippen molar-refractivity contribution in [2.45, 2.75) is 25.3 Å². The van der Waals surface area contributed by atoms with Crippen LogP contribution in [-0.2, 0) is 12.8 Å². The number of hydrogen-bond acceptors (Lipinski definition) is 4. The van der Waals surface area contributed by atoms with E-state index < -0.39 is 0 Å². The SMILES string of the molecule is COc1ccc(-c2ccc3c(c2)CCC(N2CCSCC2)C3)cn1. The molecular formula is C20H24N2OS. The van der Waals surface area contributed by atoms with Crippen LogP contribution in [0.2, 0.25) is 0 Å². The Kier molecular flexibility index (Phi) is 4.76. The van der Waals surface area contributed by atoms with E-state index in [1.165, 1.54) is 60.5 Å². The monoisotopic (exact) mass is 340 g/mol. The molecule has 2 aliphatic rings. The van der Waals surface area contributed by atoms with Crippen molar-refractivity contribution in [3.8, 4) is 17.0 Å². The molecule has 1 atom stereocenters. The van der Waals surface area contributed by atoms with Crippen molar-refractivity contribution >= 4 is 11.8 Å². The molecule has 0 bridgehead atoms. The number of rotatable bonds is 3. The Morgan fingerprint density at radius 3 is 2.67 bits per heavy atom. The smallest absolute Gasteiger partial charge is 0.212 e. The minimum Gasteiger partial charge on any atom is -0.481 e. The lowest BCUT2D eigenvalue weighted by molar-refractivity contribution is 0.198. The minimum absolute atomic E-state index is 0.666. The van der Waals surface area contributed by atoms with Crippen LogP contribution < -0.4 is 4.74 Å². The fourth-order valence-corrected chi connectivity index (χ4v) is 4.77. The fraction of sp³-hybridized carbons (Fsp3) is 0.450. The van der Waals surface area contributed by atoms with Crippen LogP contribution in [0.1, 0.15) is 17.5 Å². The van der Waals surface area contributed by atoms with E-state index in [1.54, 1.807) is 7.11 Å². The predicted molar refractivity (Wildman–Crippen MR) is 101 cm³/mol. The van der Waals surface area contributed by atoms with Crippen LogP contribution in [-0.4, -0.2) is 47.6 Å². The van der Waals surface area contributed by atoms with Gasteiger partial charge in [0.2, 0.25) is 5.88 Å². The summed E-state index contributed by atoms with van der Waals surface area (Å²) in [6.45, 7) is 2.53. The highest BCUT2D eigenvalue weighted by Gasteiger charge is 2.25. The third kappa shape index (κ3) is 3.31. The highest BCUT2D eigenvalue weighted by Crippen LogP contribution is 2.30. The molecule has 4 heteroatoms. The Morgan fingerprint density at radius 2 is 1.92 bits per heavy atom. The maximum absolute atomic E-state index is 5.15. The van der Waals surface area contributed by atoms with Gasteiger partial charge in [0.25, 0.3) is 0 Å². The Balaban J connectivity index is 1.52. The number of thioether (sulfide) groups is 1. The van der Waals surface area contributed by atoms with Crippen LogP contribution in [0.5, 0.6) is 5.88 Å². The summed E-state index contributed by atoms with van der Waals surface area (Å²) in [5, 5.41) is 0. The molecule has 126 valence electrons. The van der Waals surface area contributed by atoms with Gasteiger partial charge in [0.1, 0.15) is 0 Å². The average Bonchev–Trinajstić information content (AvgIpc) is 2.68. The van der Waals surface area contributed by atoms with Crippen LogP contribution in [0, 0.1) is 0 Å². The number of hydrogen-bond donors (Lipinski definition) is 0. The first-order chi connectivity index (χ1) is 11.8. The van der Waals surface area contributed by atoms with Gasteiger partial charge in [-0.15, -0.1) is 0 Å². The van der Waals surface area contributed by atoms with E-state index in [9.17, 15) is 0 Å². The minimum atomic E-state index is 0.666. The van der Waals surface area contributed by atoms with Gasteiger partial charge in [0.05, 0.1) is 7.11 Å². The summed E-state index contributed by atoms with van der Waals surface area (Å²) in [4.78, 5) is 7.04. The molecule has 4 rings (SSSR count). The maximum atomic E-state index is 5.15. The van der Waals surface area contributed by atoms with Crippen molar-refractivity contribution in [3.63, 3.8) is 0 Å². The predicted octanol–water partition coefficient (Wildman–Crippen LogP) is 3.66. The van der Waals surface area contributed by atoms with Gasteiger partial charge in [-0.3, -0.25) is 4.90 Å². The van der Waals surface area contributed by atoms with Crippen molar-refractivity contribution in [1.82, 2.24) is 9.88 Å². The number of methoxy groups -OCH3 is 1. The van der Waals surface area contributed by atoms with Crippen LogP contribution >= 0.6 is 11.8 Å². The molecule has 1 saturated heterocycles. The highest BCUT2D eigenvalue weighted by atomic mass is 32.2. The van der Waals surface area contributed by atoms with E-state index in [0.29, 0.717) is 5.88 Å². The second-order valence-corrected chi connectivity index (χ2v) is 7.84. The Morgan fingerprint density at radius 1 is 1.08 bits per heavy atom. The lowest BCUT2D eigenvalue weighted by Gasteiger charge is -2.37. The quantitative estimate of drug-likeness (QED) is 0.851. The van der Waals surface area contributed by atoms with Crippen molar-refractivity contribution < 1.29 is 4.74 Å². The summed E-state index contributed by atoms with van der Waals surface area (Å²) in [5.74, 6) is 3.26. The zero-order chi connectivity index (χ0) is 16.4. The highest BCUT2D eigenvalue weighted by molar-refractivity contribution is 7.99. The van der Waals surface area contributed by atoms with E-state index in [0.717, 1.165) is 11.6 Å². The van der Waals surface area contributed by atoms with Gasteiger partial charge in [-0.25, -0.2) is 4.98 Å². The molecule has 0 saturated carbocycles. The van der Waals surface area contributed by atoms with Gasteiger partial charge in [-0.2, -0.15) is 11.8 Å². The van der Waals surface area contributed by atoms with E-state index in [4.69, 9.17) is 4.74 Å². The summed E-state index contributed by atoms with van der Waals surface area (Å²) in [6, 6.07) is 11.7. The second-order valence-electron chi connectivity index (χ2n) is 6.62. The Bertz CT molecular complexity index is 695. The molecule has 1 aliphatic heterocycles. The first-order valence-corrected chi connectivity index (χ1v) is 9.93. The van der Waals surface area contributed by atoms with E-state index in [1.807, 2.05) is 12.3 Å². The number of nitrogens with zero attached hydrogens (tertiary/aromatic N) is 2. The van der Waals surface area contributed by atoms with Crippen molar-refractivity contribution in [2.24, 2.45) is 0 Å². The normalized spacial score (nSPS) is 21.3. The van der Waals surface area contributed by atoms with Crippen LogP contribution in [0.4, 0.5) is 0 Å². The summed E-state index contributed by atoms with van der Waals surface area (Å²) in [6.07, 6.45) is 5.60. The number of pyridine rings is 1. The molecule has 2 heterocycles. The molecule has 3 nitrogen and oxygen atoms in total. The van der Waals surface area contributed by atoms with Crippen molar-refractivity contribution in [2.75, 3.05) is 31.7 Å². The number of ether oxygens (including phenoxy) is 1. The van der Waals surface area contributed by atoms with E-state index in [-0.39, 0.29) is 0 Å². The number of aromatic nitrogens is 1. The summed E-state index contributed by atoms with van der Waals surface area (Å²) in [7, 11) is 1.65. The molecule has 0 radical (unpaired) electrons. The van der Waals surface area contributed by atoms with Gasteiger partial charge in [-0.1, -0.05) is 18.2 Å². The van der Waals surface area contributed by atoms with Crippen LogP contribution in [0.25, 0.3) is 11.1 Å². The zero-order valence-electron chi connectivity index (χ0n) is 14.2. The molecule has 24 heavy (non-hydrogen) atoms. The Hall–Kier alpha value is -1.52. The summed E-state index contributed by atoms with van der Waals surface area (Å²) < 4.78 is 5.15. The maximum Gasteiger partial charge on any atom is 0.212 e. The molecule has 2 aromatic rings. The lowest BCUT2D eigenvalue weighted by Crippen LogP contribution is -2.43. The van der Waals surface area contributed by atoms with Gasteiger partial charge in [-0.05, 0) is 42.0 Å². The van der Waals surface area contributed by atoms with Gasteiger partial charge < -0.3 is 4.74 Å². The standard InChI is InChI=1S/C20H24N2OS/c1-23-20-7-5-18(14-21-20)16-2-3-17-13-19(6-4-15(17)12-16)22-8-10-24-11-9-22/h2-3,5,7,12,14,19H,4,6,8-11,13H2,1H3. The molecule has 0 spiro atoms. The van der Waals surface area contributed by atoms with Crippen molar-refractivity contribution in [3.05, 3.63) is 47.7 Å². The van der Waals surface area contributed by atoms with E-state index >= 15 is 0 Å². The molecule has 0 amide bonds. The molecule has 1 aliphatic carbocycles. The van der Waals surface area contributed by atoms with Gasteiger partial charge in [0, 0.05) is 48.5 Å². The Labute approximate surface area is 148 Å².